The molecule has 0 radical (unpaired) electrons. The monoisotopic (exact) mass is 294 g/mol. The second-order valence-electron chi connectivity index (χ2n) is 5.27. The van der Waals surface area contributed by atoms with E-state index in [2.05, 4.69) is 9.88 Å². The number of aromatic nitrogens is 1. The van der Waals surface area contributed by atoms with E-state index in [0.717, 1.165) is 38.2 Å². The first-order chi connectivity index (χ1) is 9.90. The van der Waals surface area contributed by atoms with E-state index in [0.29, 0.717) is 0 Å². The first-order valence-corrected chi connectivity index (χ1v) is 6.69. The molecule has 0 aromatic carbocycles. The Bertz CT molecular complexity index is 555. The quantitative estimate of drug-likeness (QED) is 0.658. The minimum absolute atomic E-state index is 0.170. The van der Waals surface area contributed by atoms with Gasteiger partial charge in [-0.15, -0.1) is 0 Å². The molecule has 21 heavy (non-hydrogen) atoms. The molecule has 0 bridgehead atoms. The van der Waals surface area contributed by atoms with Crippen LogP contribution in [0.2, 0.25) is 0 Å². The molecule has 8 heteroatoms. The minimum Gasteiger partial charge on any atom is -0.478 e. The molecular weight excluding hydrogens is 276 g/mol. The number of carbonyl (C=O) groups is 1. The highest BCUT2D eigenvalue weighted by atomic mass is 16.6. The van der Waals surface area contributed by atoms with Crippen LogP contribution in [0.1, 0.15) is 23.2 Å². The standard InChI is InChI=1S/C13H18N4O4/c1-15-5-3-10(4-6-15)16(2)12-11(17(20)21)7-9(8-14-12)13(18)19/h7-8,10H,3-6H2,1-2H3,(H,18,19). The second-order valence-corrected chi connectivity index (χ2v) is 5.27. The summed E-state index contributed by atoms with van der Waals surface area (Å²) in [6, 6.07) is 1.24. The van der Waals surface area contributed by atoms with Gasteiger partial charge in [-0.3, -0.25) is 10.1 Å². The molecular formula is C13H18N4O4. The number of hydrogen-bond donors (Lipinski definition) is 1. The van der Waals surface area contributed by atoms with Gasteiger partial charge in [0, 0.05) is 25.4 Å². The summed E-state index contributed by atoms with van der Waals surface area (Å²) >= 11 is 0. The van der Waals surface area contributed by atoms with Crippen molar-refractivity contribution in [3.05, 3.63) is 27.9 Å². The maximum atomic E-state index is 11.2. The third-order valence-corrected chi connectivity index (χ3v) is 3.86. The lowest BCUT2D eigenvalue weighted by atomic mass is 10.0. The Morgan fingerprint density at radius 2 is 2.14 bits per heavy atom. The van der Waals surface area contributed by atoms with E-state index in [1.54, 1.807) is 11.9 Å². The summed E-state index contributed by atoms with van der Waals surface area (Å²) in [5.41, 5.74) is -0.446. The fourth-order valence-corrected chi connectivity index (χ4v) is 2.52. The van der Waals surface area contributed by atoms with Gasteiger partial charge in [0.1, 0.15) is 0 Å². The van der Waals surface area contributed by atoms with Crippen molar-refractivity contribution in [2.75, 3.05) is 32.1 Å². The summed E-state index contributed by atoms with van der Waals surface area (Å²) in [6.07, 6.45) is 2.95. The summed E-state index contributed by atoms with van der Waals surface area (Å²) in [4.78, 5) is 29.5. The molecule has 2 rings (SSSR count). The molecule has 0 amide bonds. The molecule has 1 saturated heterocycles. The van der Waals surface area contributed by atoms with Crippen LogP contribution in [0.25, 0.3) is 0 Å². The molecule has 1 aliphatic heterocycles. The smallest absolute Gasteiger partial charge is 0.337 e. The zero-order valence-electron chi connectivity index (χ0n) is 12.0. The zero-order chi connectivity index (χ0) is 15.6. The molecule has 114 valence electrons. The fourth-order valence-electron chi connectivity index (χ4n) is 2.52. The van der Waals surface area contributed by atoms with Crippen molar-refractivity contribution in [3.8, 4) is 0 Å². The van der Waals surface area contributed by atoms with E-state index < -0.39 is 10.9 Å². The van der Waals surface area contributed by atoms with Crippen molar-refractivity contribution in [3.63, 3.8) is 0 Å². The van der Waals surface area contributed by atoms with Crippen LogP contribution >= 0.6 is 0 Å². The molecule has 1 fully saturated rings. The van der Waals surface area contributed by atoms with Crippen LogP contribution in [0.15, 0.2) is 12.3 Å². The van der Waals surface area contributed by atoms with E-state index in [9.17, 15) is 14.9 Å². The fraction of sp³-hybridized carbons (Fsp3) is 0.538. The van der Waals surface area contributed by atoms with Crippen molar-refractivity contribution in [1.82, 2.24) is 9.88 Å². The first kappa shape index (κ1) is 15.2. The summed E-state index contributed by atoms with van der Waals surface area (Å²) in [7, 11) is 3.81. The van der Waals surface area contributed by atoms with E-state index in [-0.39, 0.29) is 23.1 Å². The molecule has 1 aliphatic rings. The lowest BCUT2D eigenvalue weighted by Crippen LogP contribution is -2.42. The third-order valence-electron chi connectivity index (χ3n) is 3.86. The molecule has 1 N–H and O–H groups in total. The Hall–Kier alpha value is -2.22. The number of likely N-dealkylation sites (tertiary alicyclic amines) is 1. The molecule has 1 aromatic heterocycles. The number of aromatic carboxylic acids is 1. The molecule has 0 spiro atoms. The number of nitro groups is 1. The summed E-state index contributed by atoms with van der Waals surface area (Å²) in [5, 5.41) is 20.1. The number of piperidine rings is 1. The number of hydrogen-bond acceptors (Lipinski definition) is 6. The zero-order valence-corrected chi connectivity index (χ0v) is 12.0. The van der Waals surface area contributed by atoms with Gasteiger partial charge >= 0.3 is 11.7 Å². The van der Waals surface area contributed by atoms with Gasteiger partial charge in [0.2, 0.25) is 5.82 Å². The van der Waals surface area contributed by atoms with Gasteiger partial charge in [-0.2, -0.15) is 0 Å². The predicted octanol–water partition coefficient (Wildman–Crippen LogP) is 1.22. The molecule has 0 aliphatic carbocycles. The largest absolute Gasteiger partial charge is 0.478 e. The predicted molar refractivity (Wildman–Crippen MR) is 76.8 cm³/mol. The second kappa shape index (κ2) is 6.04. The van der Waals surface area contributed by atoms with Crippen LogP contribution in [-0.4, -0.2) is 59.1 Å². The number of carboxylic acids is 1. The summed E-state index contributed by atoms with van der Waals surface area (Å²) in [5.74, 6) is -1.00. The topological polar surface area (TPSA) is 99.8 Å². The van der Waals surface area contributed by atoms with Gasteiger partial charge < -0.3 is 14.9 Å². The number of carboxylic acid groups (broad SMARTS) is 1. The van der Waals surface area contributed by atoms with Crippen molar-refractivity contribution < 1.29 is 14.8 Å². The number of nitrogens with zero attached hydrogens (tertiary/aromatic N) is 4. The average molecular weight is 294 g/mol. The van der Waals surface area contributed by atoms with Crippen LogP contribution in [-0.2, 0) is 0 Å². The SMILES string of the molecule is CN1CCC(N(C)c2ncc(C(=O)O)cc2[N+](=O)[O-])CC1. The Morgan fingerprint density at radius 3 is 2.67 bits per heavy atom. The third kappa shape index (κ3) is 3.27. The number of rotatable bonds is 4. The van der Waals surface area contributed by atoms with Crippen LogP contribution in [0.5, 0.6) is 0 Å². The van der Waals surface area contributed by atoms with Crippen LogP contribution in [0, 0.1) is 10.1 Å². The van der Waals surface area contributed by atoms with Crippen molar-refractivity contribution in [2.24, 2.45) is 0 Å². The lowest BCUT2D eigenvalue weighted by Gasteiger charge is -2.35. The van der Waals surface area contributed by atoms with Crippen molar-refractivity contribution >= 4 is 17.5 Å². The molecule has 2 heterocycles. The first-order valence-electron chi connectivity index (χ1n) is 6.69. The highest BCUT2D eigenvalue weighted by Crippen LogP contribution is 2.29. The van der Waals surface area contributed by atoms with E-state index in [4.69, 9.17) is 5.11 Å². The van der Waals surface area contributed by atoms with Gasteiger partial charge in [-0.25, -0.2) is 9.78 Å². The Kier molecular flexibility index (Phi) is 4.37. The number of pyridine rings is 1. The van der Waals surface area contributed by atoms with Crippen molar-refractivity contribution in [2.45, 2.75) is 18.9 Å². The highest BCUT2D eigenvalue weighted by molar-refractivity contribution is 5.88. The molecule has 1 aromatic rings. The molecule has 0 atom stereocenters. The average Bonchev–Trinajstić information content (AvgIpc) is 2.46. The Labute approximate surface area is 122 Å². The van der Waals surface area contributed by atoms with Gasteiger partial charge in [0.05, 0.1) is 10.5 Å². The normalized spacial score (nSPS) is 16.7. The number of anilines is 1. The summed E-state index contributed by atoms with van der Waals surface area (Å²) < 4.78 is 0. The van der Waals surface area contributed by atoms with Crippen LogP contribution in [0.3, 0.4) is 0 Å². The van der Waals surface area contributed by atoms with Gasteiger partial charge in [0.25, 0.3) is 0 Å². The van der Waals surface area contributed by atoms with E-state index in [1.807, 2.05) is 7.05 Å². The molecule has 0 saturated carbocycles. The van der Waals surface area contributed by atoms with Crippen LogP contribution in [0.4, 0.5) is 11.5 Å². The molecule has 0 unspecified atom stereocenters. The minimum atomic E-state index is -1.22. The van der Waals surface area contributed by atoms with Crippen molar-refractivity contribution in [1.29, 1.82) is 0 Å². The van der Waals surface area contributed by atoms with E-state index in [1.165, 1.54) is 0 Å². The Balaban J connectivity index is 2.29. The van der Waals surface area contributed by atoms with E-state index >= 15 is 0 Å². The van der Waals surface area contributed by atoms with Gasteiger partial charge in [0.15, 0.2) is 0 Å². The maximum Gasteiger partial charge on any atom is 0.337 e. The maximum absolute atomic E-state index is 11.2. The van der Waals surface area contributed by atoms with Crippen LogP contribution < -0.4 is 4.90 Å². The summed E-state index contributed by atoms with van der Waals surface area (Å²) in [6.45, 7) is 1.85. The lowest BCUT2D eigenvalue weighted by molar-refractivity contribution is -0.384. The highest BCUT2D eigenvalue weighted by Gasteiger charge is 2.27. The molecule has 8 nitrogen and oxygen atoms in total. The van der Waals surface area contributed by atoms with Gasteiger partial charge in [-0.05, 0) is 33.0 Å². The Morgan fingerprint density at radius 1 is 1.52 bits per heavy atom. The van der Waals surface area contributed by atoms with Gasteiger partial charge in [-0.1, -0.05) is 0 Å².